The predicted octanol–water partition coefficient (Wildman–Crippen LogP) is 0.728. The van der Waals surface area contributed by atoms with Crippen LogP contribution in [-0.4, -0.2) is 41.4 Å². The summed E-state index contributed by atoms with van der Waals surface area (Å²) in [5.74, 6) is -0.902. The molecular formula is C15H17ClN4O4. The van der Waals surface area contributed by atoms with Gasteiger partial charge in [0, 0.05) is 23.0 Å². The van der Waals surface area contributed by atoms with Gasteiger partial charge in [0.25, 0.3) is 5.91 Å². The van der Waals surface area contributed by atoms with E-state index in [4.69, 9.17) is 22.0 Å². The number of nitrogens with one attached hydrogen (secondary N) is 3. The predicted molar refractivity (Wildman–Crippen MR) is 88.0 cm³/mol. The van der Waals surface area contributed by atoms with Crippen molar-refractivity contribution in [3.63, 3.8) is 0 Å². The van der Waals surface area contributed by atoms with Crippen molar-refractivity contribution >= 4 is 29.2 Å². The van der Waals surface area contributed by atoms with E-state index >= 15 is 0 Å². The number of allylic oxidation sites excluding steroid dienone is 1. The topological polar surface area (TPSA) is 134 Å². The van der Waals surface area contributed by atoms with E-state index in [1.807, 2.05) is 5.32 Å². The lowest BCUT2D eigenvalue weighted by molar-refractivity contribution is -0.116. The number of amides is 3. The number of anilines is 1. The van der Waals surface area contributed by atoms with E-state index in [0.29, 0.717) is 10.7 Å². The van der Waals surface area contributed by atoms with Gasteiger partial charge in [0.1, 0.15) is 11.6 Å². The molecule has 9 heteroatoms. The first-order valence-corrected chi connectivity index (χ1v) is 7.26. The molecule has 1 rings (SSSR count). The Kier molecular flexibility index (Phi) is 7.71. The second-order valence-corrected chi connectivity index (χ2v) is 5.18. The second-order valence-electron chi connectivity index (χ2n) is 4.75. The highest BCUT2D eigenvalue weighted by Gasteiger charge is 2.16. The van der Waals surface area contributed by atoms with Crippen LogP contribution in [0.15, 0.2) is 35.5 Å². The summed E-state index contributed by atoms with van der Waals surface area (Å²) in [6.45, 7) is 0.934. The van der Waals surface area contributed by atoms with Gasteiger partial charge < -0.3 is 20.8 Å². The lowest BCUT2D eigenvalue weighted by Crippen LogP contribution is -2.37. The molecule has 0 saturated heterocycles. The fraction of sp³-hybridized carbons (Fsp3) is 0.267. The highest BCUT2D eigenvalue weighted by Crippen LogP contribution is 2.14. The third kappa shape index (κ3) is 6.26. The Bertz CT molecular complexity index is 684. The minimum Gasteiger partial charge on any atom is -0.394 e. The van der Waals surface area contributed by atoms with Crippen LogP contribution in [0.1, 0.15) is 6.92 Å². The first-order chi connectivity index (χ1) is 11.4. The van der Waals surface area contributed by atoms with Crippen LogP contribution >= 0.6 is 11.6 Å². The molecule has 24 heavy (non-hydrogen) atoms. The first-order valence-electron chi connectivity index (χ1n) is 6.89. The normalized spacial score (nSPS) is 12.5. The molecule has 0 aromatic heterocycles. The summed E-state index contributed by atoms with van der Waals surface area (Å²) in [6.07, 6.45) is -1.03. The fourth-order valence-corrected chi connectivity index (χ4v) is 1.81. The molecule has 0 bridgehead atoms. The molecule has 128 valence electrons. The van der Waals surface area contributed by atoms with Crippen molar-refractivity contribution in [3.8, 4) is 6.07 Å². The average Bonchev–Trinajstić information content (AvgIpc) is 2.52. The molecule has 8 nitrogen and oxygen atoms in total. The third-order valence-electron chi connectivity index (χ3n) is 2.84. The molecule has 1 atom stereocenters. The van der Waals surface area contributed by atoms with Gasteiger partial charge in [0.15, 0.2) is 0 Å². The summed E-state index contributed by atoms with van der Waals surface area (Å²) < 4.78 is 0. The number of aliphatic hydroxyl groups excluding tert-OH is 2. The summed E-state index contributed by atoms with van der Waals surface area (Å²) in [7, 11) is 0. The summed E-state index contributed by atoms with van der Waals surface area (Å²) >= 11 is 5.79. The number of carbonyl (C=O) groups excluding carboxylic acids is 2. The van der Waals surface area contributed by atoms with Gasteiger partial charge in [-0.1, -0.05) is 17.7 Å². The van der Waals surface area contributed by atoms with Crippen molar-refractivity contribution in [2.75, 3.05) is 18.5 Å². The lowest BCUT2D eigenvalue weighted by atomic mass is 10.2. The number of rotatable bonds is 6. The number of benzene rings is 1. The largest absolute Gasteiger partial charge is 0.394 e. The minimum atomic E-state index is -1.03. The molecule has 0 aliphatic carbocycles. The van der Waals surface area contributed by atoms with Crippen molar-refractivity contribution in [3.05, 3.63) is 40.6 Å². The Labute approximate surface area is 143 Å². The van der Waals surface area contributed by atoms with Crippen LogP contribution in [0, 0.1) is 11.3 Å². The molecule has 0 aliphatic rings. The maximum absolute atomic E-state index is 12.0. The Morgan fingerprint density at radius 2 is 2.12 bits per heavy atom. The van der Waals surface area contributed by atoms with E-state index in [0.717, 1.165) is 0 Å². The summed E-state index contributed by atoms with van der Waals surface area (Å²) in [6, 6.07) is 7.19. The molecule has 0 fully saturated rings. The number of carbonyl (C=O) groups is 2. The Hall–Kier alpha value is -2.60. The quantitative estimate of drug-likeness (QED) is 0.378. The maximum atomic E-state index is 12.0. The zero-order valence-electron chi connectivity index (χ0n) is 12.8. The van der Waals surface area contributed by atoms with Crippen molar-refractivity contribution in [2.24, 2.45) is 0 Å². The number of hydrogen-bond donors (Lipinski definition) is 5. The zero-order valence-corrected chi connectivity index (χ0v) is 13.6. The first kappa shape index (κ1) is 19.4. The number of urea groups is 1. The van der Waals surface area contributed by atoms with E-state index in [9.17, 15) is 14.7 Å². The van der Waals surface area contributed by atoms with E-state index in [1.165, 1.54) is 13.0 Å². The highest BCUT2D eigenvalue weighted by atomic mass is 35.5. The molecule has 5 N–H and O–H groups in total. The number of nitrogens with zero attached hydrogens (tertiary/aromatic N) is 1. The smallest absolute Gasteiger partial charge is 0.326 e. The van der Waals surface area contributed by atoms with Gasteiger partial charge in [-0.3, -0.25) is 10.1 Å². The van der Waals surface area contributed by atoms with Crippen molar-refractivity contribution in [1.82, 2.24) is 10.6 Å². The number of halogens is 1. The van der Waals surface area contributed by atoms with Gasteiger partial charge in [-0.15, -0.1) is 0 Å². The lowest BCUT2D eigenvalue weighted by Gasteiger charge is -2.12. The number of nitriles is 1. The highest BCUT2D eigenvalue weighted by molar-refractivity contribution is 6.30. The molecule has 0 saturated carbocycles. The molecular weight excluding hydrogens is 336 g/mol. The molecule has 0 radical (unpaired) electrons. The monoisotopic (exact) mass is 352 g/mol. The van der Waals surface area contributed by atoms with E-state index < -0.39 is 24.6 Å². The second kappa shape index (κ2) is 9.52. The van der Waals surface area contributed by atoms with E-state index in [1.54, 1.807) is 24.3 Å². The summed E-state index contributed by atoms with van der Waals surface area (Å²) in [4.78, 5) is 23.7. The zero-order chi connectivity index (χ0) is 18.1. The molecule has 1 aromatic rings. The van der Waals surface area contributed by atoms with E-state index in [-0.39, 0.29) is 17.8 Å². The Balaban J connectivity index is 2.69. The van der Waals surface area contributed by atoms with Crippen LogP contribution in [0.5, 0.6) is 0 Å². The van der Waals surface area contributed by atoms with Crippen LogP contribution < -0.4 is 16.0 Å². The molecule has 1 aromatic carbocycles. The van der Waals surface area contributed by atoms with Crippen LogP contribution in [0.4, 0.5) is 10.5 Å². The Morgan fingerprint density at radius 3 is 2.71 bits per heavy atom. The van der Waals surface area contributed by atoms with Gasteiger partial charge in [-0.25, -0.2) is 4.79 Å². The third-order valence-corrected chi connectivity index (χ3v) is 3.07. The molecule has 0 aliphatic heterocycles. The average molecular weight is 353 g/mol. The van der Waals surface area contributed by atoms with Gasteiger partial charge in [-0.2, -0.15) is 5.26 Å². The molecule has 3 amide bonds. The minimum absolute atomic E-state index is 0.0461. The van der Waals surface area contributed by atoms with Crippen LogP contribution in [0.3, 0.4) is 0 Å². The molecule has 0 unspecified atom stereocenters. The molecule has 0 heterocycles. The van der Waals surface area contributed by atoms with Gasteiger partial charge >= 0.3 is 6.03 Å². The van der Waals surface area contributed by atoms with Crippen molar-refractivity contribution in [1.29, 1.82) is 5.26 Å². The number of imide groups is 1. The summed E-state index contributed by atoms with van der Waals surface area (Å²) in [5, 5.41) is 34.5. The molecule has 0 spiro atoms. The van der Waals surface area contributed by atoms with E-state index in [2.05, 4.69) is 10.6 Å². The fourth-order valence-electron chi connectivity index (χ4n) is 1.62. The Morgan fingerprint density at radius 1 is 1.42 bits per heavy atom. The van der Waals surface area contributed by atoms with Crippen LogP contribution in [0.2, 0.25) is 5.02 Å². The maximum Gasteiger partial charge on any atom is 0.326 e. The van der Waals surface area contributed by atoms with Gasteiger partial charge in [0.2, 0.25) is 0 Å². The van der Waals surface area contributed by atoms with Gasteiger partial charge in [-0.05, 0) is 25.1 Å². The van der Waals surface area contributed by atoms with Crippen LogP contribution in [-0.2, 0) is 4.79 Å². The van der Waals surface area contributed by atoms with Crippen LogP contribution in [0.25, 0.3) is 0 Å². The standard InChI is InChI=1S/C15H17ClN4O4/c1-9(18-7-12(22)8-21)13(6-17)14(23)20-15(24)19-11-4-2-3-10(16)5-11/h2-5,12,18,21-22H,7-8H2,1H3,(H2,19,20,23,24)/b13-9-/t12-/m1/s1. The number of hydrogen-bond acceptors (Lipinski definition) is 6. The van der Waals surface area contributed by atoms with Gasteiger partial charge in [0.05, 0.1) is 12.7 Å². The SMILES string of the molecule is C/C(NC[C@@H](O)CO)=C(\C#N)C(=O)NC(=O)Nc1cccc(Cl)c1. The van der Waals surface area contributed by atoms with Crippen molar-refractivity contribution < 1.29 is 19.8 Å². The van der Waals surface area contributed by atoms with Crippen molar-refractivity contribution in [2.45, 2.75) is 13.0 Å². The number of aliphatic hydroxyl groups is 2. The summed E-state index contributed by atoms with van der Waals surface area (Å²) in [5.41, 5.74) is 0.232.